The van der Waals surface area contributed by atoms with E-state index in [1.54, 1.807) is 53.2 Å². The summed E-state index contributed by atoms with van der Waals surface area (Å²) in [7, 11) is -1.52. The van der Waals surface area contributed by atoms with E-state index >= 15 is 0 Å². The third-order valence-electron chi connectivity index (χ3n) is 4.28. The Morgan fingerprint density at radius 1 is 1.17 bits per heavy atom. The molecule has 0 radical (unpaired) electrons. The van der Waals surface area contributed by atoms with Crippen molar-refractivity contribution in [3.63, 3.8) is 0 Å². The Kier molecular flexibility index (Phi) is 4.89. The van der Waals surface area contributed by atoms with Crippen molar-refractivity contribution in [2.45, 2.75) is 6.54 Å². The molecule has 1 aromatic carbocycles. The van der Waals surface area contributed by atoms with Gasteiger partial charge in [-0.3, -0.25) is 9.20 Å². The predicted molar refractivity (Wildman–Crippen MR) is 106 cm³/mol. The number of nitrogens with two attached hydrogens (primary N) is 1. The summed E-state index contributed by atoms with van der Waals surface area (Å²) in [5.41, 5.74) is 7.24. The normalized spacial score (nSPS) is 10.8. The zero-order chi connectivity index (χ0) is 20.4. The first kappa shape index (κ1) is 18.5. The number of hydrogen-bond acceptors (Lipinski definition) is 8. The van der Waals surface area contributed by atoms with E-state index in [0.29, 0.717) is 35.1 Å². The monoisotopic (exact) mass is 389 g/mol. The van der Waals surface area contributed by atoms with E-state index in [0.717, 1.165) is 5.56 Å². The lowest BCUT2D eigenvalue weighted by Crippen LogP contribution is -2.30. The number of amides is 1. The lowest BCUT2D eigenvalue weighted by Gasteiger charge is -2.08. The molecular weight excluding hydrogens is 373 g/mol. The van der Waals surface area contributed by atoms with Crippen molar-refractivity contribution in [1.29, 1.82) is 0 Å². The Hall–Kier alpha value is -3.83. The van der Waals surface area contributed by atoms with Crippen LogP contribution in [0.2, 0.25) is 0 Å². The van der Waals surface area contributed by atoms with Crippen LogP contribution in [-0.4, -0.2) is 47.6 Å². The predicted octanol–water partition coefficient (Wildman–Crippen LogP) is -0.423. The summed E-state index contributed by atoms with van der Waals surface area (Å²) in [5, 5.41) is 29.9. The van der Waals surface area contributed by atoms with E-state index in [1.165, 1.54) is 0 Å². The maximum atomic E-state index is 11.6. The minimum absolute atomic E-state index is 0.256. The molecule has 0 spiro atoms. The van der Waals surface area contributed by atoms with Gasteiger partial charge in [-0.2, -0.15) is 0 Å². The van der Waals surface area contributed by atoms with Gasteiger partial charge in [0.05, 0.1) is 5.56 Å². The molecule has 144 valence electrons. The van der Waals surface area contributed by atoms with Crippen LogP contribution in [0.1, 0.15) is 15.9 Å². The van der Waals surface area contributed by atoms with Gasteiger partial charge in [-0.1, -0.05) is 24.3 Å². The first-order valence-corrected chi connectivity index (χ1v) is 8.69. The molecule has 0 aliphatic carbocycles. The number of pyridine rings is 1. The lowest BCUT2D eigenvalue weighted by molar-refractivity contribution is 0.100. The number of aromatic nitrogens is 5. The molecule has 0 unspecified atom stereocenters. The Balaban J connectivity index is 1.60. The van der Waals surface area contributed by atoms with Gasteiger partial charge in [0.15, 0.2) is 11.5 Å². The Labute approximate surface area is 165 Å². The second-order valence-corrected chi connectivity index (χ2v) is 6.24. The number of hydrogen-bond donors (Lipinski definition) is 4. The van der Waals surface area contributed by atoms with Crippen LogP contribution in [0.3, 0.4) is 0 Å². The molecule has 4 rings (SSSR count). The van der Waals surface area contributed by atoms with Gasteiger partial charge < -0.3 is 21.1 Å². The number of fused-ring (bicyclic) bond motifs is 1. The van der Waals surface area contributed by atoms with E-state index in [1.807, 2.05) is 6.07 Å². The Morgan fingerprint density at radius 3 is 2.83 bits per heavy atom. The Morgan fingerprint density at radius 2 is 2.03 bits per heavy atom. The summed E-state index contributed by atoms with van der Waals surface area (Å²) in [6, 6.07) is 11.9. The van der Waals surface area contributed by atoms with E-state index < -0.39 is 13.0 Å². The molecule has 0 saturated heterocycles. The van der Waals surface area contributed by atoms with Gasteiger partial charge >= 0.3 is 7.12 Å². The first-order valence-electron chi connectivity index (χ1n) is 8.69. The van der Waals surface area contributed by atoms with Crippen molar-refractivity contribution in [1.82, 2.24) is 24.6 Å². The highest BCUT2D eigenvalue weighted by Crippen LogP contribution is 2.18. The number of anilines is 1. The van der Waals surface area contributed by atoms with Crippen LogP contribution in [-0.2, 0) is 6.54 Å². The zero-order valence-electron chi connectivity index (χ0n) is 15.1. The summed E-state index contributed by atoms with van der Waals surface area (Å²) in [6.45, 7) is 0.420. The van der Waals surface area contributed by atoms with Gasteiger partial charge in [0, 0.05) is 18.9 Å². The fraction of sp³-hybridized carbons (Fsp3) is 0.0556. The summed E-state index contributed by atoms with van der Waals surface area (Å²) in [6.07, 6.45) is 3.28. The highest BCUT2D eigenvalue weighted by Gasteiger charge is 2.16. The van der Waals surface area contributed by atoms with Crippen LogP contribution < -0.4 is 16.5 Å². The van der Waals surface area contributed by atoms with Crippen molar-refractivity contribution in [2.24, 2.45) is 5.73 Å². The van der Waals surface area contributed by atoms with Gasteiger partial charge in [0.2, 0.25) is 5.82 Å². The van der Waals surface area contributed by atoms with Crippen LogP contribution in [0.15, 0.2) is 54.9 Å². The number of carbonyl (C=O) groups is 1. The number of nitrogens with zero attached hydrogens (tertiary/aromatic N) is 5. The SMILES string of the molecule is NC(=O)c1cccn2c(-c3nccc(NCc4cccc(B(O)O)c4)n3)nnc12. The topological polar surface area (TPSA) is 152 Å². The third-order valence-corrected chi connectivity index (χ3v) is 4.28. The number of carbonyl (C=O) groups excluding carboxylic acids is 1. The minimum atomic E-state index is -1.52. The average molecular weight is 389 g/mol. The molecule has 0 fully saturated rings. The van der Waals surface area contributed by atoms with E-state index in [9.17, 15) is 14.8 Å². The molecule has 0 aliphatic rings. The summed E-state index contributed by atoms with van der Waals surface area (Å²) >= 11 is 0. The van der Waals surface area contributed by atoms with E-state index in [4.69, 9.17) is 5.73 Å². The first-order chi connectivity index (χ1) is 14.0. The molecular formula is C18H16BN7O3. The molecule has 3 aromatic heterocycles. The van der Waals surface area contributed by atoms with E-state index in [2.05, 4.69) is 25.5 Å². The quantitative estimate of drug-likeness (QED) is 0.325. The molecule has 0 atom stereocenters. The standard InChI is InChI=1S/C18H16BN7O3/c20-15(27)13-5-2-8-26-17(13)24-25-18(26)16-21-7-6-14(23-16)22-10-11-3-1-4-12(9-11)19(28)29/h1-9,28-29H,10H2,(H2,20,27)(H,21,22,23). The van der Waals surface area contributed by atoms with Crippen LogP contribution in [0.5, 0.6) is 0 Å². The molecule has 10 nitrogen and oxygen atoms in total. The zero-order valence-corrected chi connectivity index (χ0v) is 15.1. The van der Waals surface area contributed by atoms with Crippen LogP contribution in [0.25, 0.3) is 17.3 Å². The van der Waals surface area contributed by atoms with Gasteiger partial charge in [0.1, 0.15) is 5.82 Å². The number of nitrogens with one attached hydrogen (secondary N) is 1. The molecule has 5 N–H and O–H groups in total. The number of primary amides is 1. The van der Waals surface area contributed by atoms with Gasteiger partial charge in [-0.15, -0.1) is 10.2 Å². The smallest absolute Gasteiger partial charge is 0.423 e. The molecule has 1 amide bonds. The second kappa shape index (κ2) is 7.66. The largest absolute Gasteiger partial charge is 0.488 e. The Bertz CT molecular complexity index is 1200. The van der Waals surface area contributed by atoms with Gasteiger partial charge in [-0.25, -0.2) is 9.97 Å². The second-order valence-electron chi connectivity index (χ2n) is 6.24. The number of benzene rings is 1. The highest BCUT2D eigenvalue weighted by molar-refractivity contribution is 6.58. The molecule has 29 heavy (non-hydrogen) atoms. The summed E-state index contributed by atoms with van der Waals surface area (Å²) < 4.78 is 1.60. The van der Waals surface area contributed by atoms with Gasteiger partial charge in [-0.05, 0) is 29.2 Å². The maximum absolute atomic E-state index is 11.6. The number of rotatable bonds is 6. The molecule has 0 saturated carbocycles. The van der Waals surface area contributed by atoms with Crippen LogP contribution in [0.4, 0.5) is 5.82 Å². The fourth-order valence-electron chi connectivity index (χ4n) is 2.88. The molecule has 0 bridgehead atoms. The molecule has 4 aromatic rings. The van der Waals surface area contributed by atoms with Crippen molar-refractivity contribution < 1.29 is 14.8 Å². The molecule has 3 heterocycles. The molecule has 11 heteroatoms. The van der Waals surface area contributed by atoms with Crippen LogP contribution >= 0.6 is 0 Å². The van der Waals surface area contributed by atoms with Crippen molar-refractivity contribution >= 4 is 30.0 Å². The third kappa shape index (κ3) is 3.77. The van der Waals surface area contributed by atoms with Crippen LogP contribution in [0, 0.1) is 0 Å². The van der Waals surface area contributed by atoms with Gasteiger partial charge in [0.25, 0.3) is 5.91 Å². The highest BCUT2D eigenvalue weighted by atomic mass is 16.4. The van der Waals surface area contributed by atoms with Crippen molar-refractivity contribution in [3.05, 3.63) is 66.0 Å². The van der Waals surface area contributed by atoms with Crippen molar-refractivity contribution in [3.8, 4) is 11.6 Å². The average Bonchev–Trinajstić information content (AvgIpc) is 3.17. The summed E-state index contributed by atoms with van der Waals surface area (Å²) in [4.78, 5) is 20.3. The fourth-order valence-corrected chi connectivity index (χ4v) is 2.88. The van der Waals surface area contributed by atoms with E-state index in [-0.39, 0.29) is 5.56 Å². The maximum Gasteiger partial charge on any atom is 0.488 e. The molecule has 0 aliphatic heterocycles. The summed E-state index contributed by atoms with van der Waals surface area (Å²) in [5.74, 6) is 0.648. The van der Waals surface area contributed by atoms with Crippen molar-refractivity contribution in [2.75, 3.05) is 5.32 Å². The minimum Gasteiger partial charge on any atom is -0.423 e. The lowest BCUT2D eigenvalue weighted by atomic mass is 9.80.